The van der Waals surface area contributed by atoms with Gasteiger partial charge in [-0.1, -0.05) is 30.4 Å². The normalized spacial score (nSPS) is 18.6. The van der Waals surface area contributed by atoms with Crippen LogP contribution in [0.25, 0.3) is 5.69 Å². The van der Waals surface area contributed by atoms with Crippen LogP contribution < -0.4 is 5.32 Å². The van der Waals surface area contributed by atoms with Crippen molar-refractivity contribution in [2.45, 2.75) is 31.8 Å². The Morgan fingerprint density at radius 1 is 1.16 bits per heavy atom. The van der Waals surface area contributed by atoms with Crippen LogP contribution in [-0.2, 0) is 6.54 Å². The highest BCUT2D eigenvalue weighted by Gasteiger charge is 2.09. The summed E-state index contributed by atoms with van der Waals surface area (Å²) in [4.78, 5) is 0. The molecule has 1 N–H and O–H groups in total. The number of aromatic nitrogens is 2. The van der Waals surface area contributed by atoms with E-state index in [2.05, 4.69) is 40.8 Å². The number of nitrogens with one attached hydrogen (secondary N) is 1. The second-order valence-electron chi connectivity index (χ2n) is 4.95. The van der Waals surface area contributed by atoms with Gasteiger partial charge in [0.25, 0.3) is 0 Å². The molecule has 1 unspecified atom stereocenters. The fraction of sp³-hybridized carbons (Fsp3) is 0.312. The van der Waals surface area contributed by atoms with E-state index in [1.54, 1.807) is 0 Å². The summed E-state index contributed by atoms with van der Waals surface area (Å²) in [6.45, 7) is 0.846. The van der Waals surface area contributed by atoms with Crippen LogP contribution in [0.15, 0.2) is 54.7 Å². The van der Waals surface area contributed by atoms with Crippen molar-refractivity contribution in [3.8, 4) is 5.69 Å². The van der Waals surface area contributed by atoms with Crippen molar-refractivity contribution in [2.24, 2.45) is 0 Å². The topological polar surface area (TPSA) is 29.9 Å². The van der Waals surface area contributed by atoms with Gasteiger partial charge in [0.05, 0.1) is 11.4 Å². The summed E-state index contributed by atoms with van der Waals surface area (Å²) in [6, 6.07) is 12.9. The average molecular weight is 253 g/mol. The molecule has 1 aliphatic rings. The monoisotopic (exact) mass is 253 g/mol. The number of rotatable bonds is 4. The molecule has 3 nitrogen and oxygen atoms in total. The third-order valence-corrected chi connectivity index (χ3v) is 3.51. The molecule has 0 aliphatic heterocycles. The summed E-state index contributed by atoms with van der Waals surface area (Å²) in [5.41, 5.74) is 2.20. The fourth-order valence-electron chi connectivity index (χ4n) is 2.41. The van der Waals surface area contributed by atoms with E-state index in [1.807, 2.05) is 29.1 Å². The van der Waals surface area contributed by atoms with E-state index >= 15 is 0 Å². The van der Waals surface area contributed by atoms with Gasteiger partial charge in [0.1, 0.15) is 0 Å². The molecular weight excluding hydrogens is 234 g/mol. The predicted molar refractivity (Wildman–Crippen MR) is 77.2 cm³/mol. The number of benzene rings is 1. The molecule has 19 heavy (non-hydrogen) atoms. The molecular formula is C16H19N3. The van der Waals surface area contributed by atoms with Crippen molar-refractivity contribution >= 4 is 0 Å². The maximum atomic E-state index is 4.60. The van der Waals surface area contributed by atoms with E-state index in [0.29, 0.717) is 6.04 Å². The van der Waals surface area contributed by atoms with Crippen molar-refractivity contribution < 1.29 is 0 Å². The molecule has 1 aliphatic carbocycles. The standard InChI is InChI=1S/C16H19N3/c1-3-7-14(8-4-1)17-13-15-11-12-19(18-15)16-9-5-2-6-10-16/h1-3,5-6,9-12,14,17H,4,7-8,13H2. The van der Waals surface area contributed by atoms with Gasteiger partial charge >= 0.3 is 0 Å². The smallest absolute Gasteiger partial charge is 0.0766 e. The van der Waals surface area contributed by atoms with Crippen molar-refractivity contribution in [2.75, 3.05) is 0 Å². The van der Waals surface area contributed by atoms with Crippen molar-refractivity contribution in [3.05, 3.63) is 60.4 Å². The molecule has 3 rings (SSSR count). The van der Waals surface area contributed by atoms with E-state index in [1.165, 1.54) is 12.8 Å². The Kier molecular flexibility index (Phi) is 3.75. The third-order valence-electron chi connectivity index (χ3n) is 3.51. The van der Waals surface area contributed by atoms with Crippen molar-refractivity contribution in [1.82, 2.24) is 15.1 Å². The lowest BCUT2D eigenvalue weighted by atomic mass is 10.0. The average Bonchev–Trinajstić information content (AvgIpc) is 2.96. The summed E-state index contributed by atoms with van der Waals surface area (Å²) in [7, 11) is 0. The number of hydrogen-bond acceptors (Lipinski definition) is 2. The molecule has 98 valence electrons. The molecule has 1 heterocycles. The maximum Gasteiger partial charge on any atom is 0.0766 e. The molecule has 0 radical (unpaired) electrons. The Morgan fingerprint density at radius 3 is 2.84 bits per heavy atom. The fourth-order valence-corrected chi connectivity index (χ4v) is 2.41. The van der Waals surface area contributed by atoms with Crippen LogP contribution in [0.5, 0.6) is 0 Å². The molecule has 1 aromatic carbocycles. The highest BCUT2D eigenvalue weighted by Crippen LogP contribution is 2.11. The zero-order chi connectivity index (χ0) is 12.9. The lowest BCUT2D eigenvalue weighted by Gasteiger charge is -2.18. The van der Waals surface area contributed by atoms with Gasteiger partial charge in [-0.3, -0.25) is 0 Å². The molecule has 1 atom stereocenters. The highest BCUT2D eigenvalue weighted by molar-refractivity contribution is 5.30. The lowest BCUT2D eigenvalue weighted by Crippen LogP contribution is -2.29. The Hall–Kier alpha value is -1.87. The van der Waals surface area contributed by atoms with Gasteiger partial charge in [-0.15, -0.1) is 0 Å². The van der Waals surface area contributed by atoms with E-state index in [0.717, 1.165) is 24.3 Å². The first-order chi connectivity index (χ1) is 9.42. The first kappa shape index (κ1) is 12.2. The van der Waals surface area contributed by atoms with Gasteiger partial charge in [-0.05, 0) is 37.5 Å². The van der Waals surface area contributed by atoms with Gasteiger partial charge in [-0.2, -0.15) is 5.10 Å². The minimum Gasteiger partial charge on any atom is -0.308 e. The molecule has 2 aromatic rings. The Balaban J connectivity index is 1.60. The van der Waals surface area contributed by atoms with Gasteiger partial charge < -0.3 is 5.32 Å². The molecule has 1 aromatic heterocycles. The third kappa shape index (κ3) is 3.12. The van der Waals surface area contributed by atoms with Gasteiger partial charge in [0.15, 0.2) is 0 Å². The van der Waals surface area contributed by atoms with Crippen LogP contribution in [0.3, 0.4) is 0 Å². The van der Waals surface area contributed by atoms with E-state index in [-0.39, 0.29) is 0 Å². The summed E-state index contributed by atoms with van der Waals surface area (Å²) < 4.78 is 1.93. The second-order valence-corrected chi connectivity index (χ2v) is 4.95. The molecule has 0 amide bonds. The quantitative estimate of drug-likeness (QED) is 0.849. The minimum absolute atomic E-state index is 0.604. The first-order valence-electron chi connectivity index (χ1n) is 6.90. The van der Waals surface area contributed by atoms with Crippen LogP contribution in [0.2, 0.25) is 0 Å². The Morgan fingerprint density at radius 2 is 2.05 bits per heavy atom. The first-order valence-corrected chi connectivity index (χ1v) is 6.90. The van der Waals surface area contributed by atoms with Crippen LogP contribution in [0.4, 0.5) is 0 Å². The molecule has 0 fully saturated rings. The zero-order valence-electron chi connectivity index (χ0n) is 11.0. The summed E-state index contributed by atoms with van der Waals surface area (Å²) in [6.07, 6.45) is 10.1. The van der Waals surface area contributed by atoms with Gasteiger partial charge in [0, 0.05) is 18.8 Å². The van der Waals surface area contributed by atoms with Gasteiger partial charge in [-0.25, -0.2) is 4.68 Å². The summed E-state index contributed by atoms with van der Waals surface area (Å²) in [5, 5.41) is 8.18. The Labute approximate surface area is 114 Å². The second kappa shape index (κ2) is 5.85. The minimum atomic E-state index is 0.604. The molecule has 0 saturated heterocycles. The van der Waals surface area contributed by atoms with E-state index in [9.17, 15) is 0 Å². The number of allylic oxidation sites excluding steroid dienone is 1. The van der Waals surface area contributed by atoms with Crippen LogP contribution in [-0.4, -0.2) is 15.8 Å². The van der Waals surface area contributed by atoms with Crippen LogP contribution >= 0.6 is 0 Å². The number of para-hydroxylation sites is 1. The largest absolute Gasteiger partial charge is 0.308 e. The van der Waals surface area contributed by atoms with Crippen molar-refractivity contribution in [1.29, 1.82) is 0 Å². The van der Waals surface area contributed by atoms with Crippen LogP contribution in [0.1, 0.15) is 25.0 Å². The number of nitrogens with zero attached hydrogens (tertiary/aromatic N) is 2. The Bertz CT molecular complexity index is 542. The molecule has 3 heteroatoms. The predicted octanol–water partition coefficient (Wildman–Crippen LogP) is 3.07. The molecule has 0 spiro atoms. The summed E-state index contributed by atoms with van der Waals surface area (Å²) in [5.74, 6) is 0. The lowest BCUT2D eigenvalue weighted by molar-refractivity contribution is 0.470. The molecule has 0 saturated carbocycles. The number of hydrogen-bond donors (Lipinski definition) is 1. The zero-order valence-corrected chi connectivity index (χ0v) is 11.0. The van der Waals surface area contributed by atoms with Crippen molar-refractivity contribution in [3.63, 3.8) is 0 Å². The SMILES string of the molecule is C1=CCC(NCc2ccn(-c3ccccc3)n2)CC1. The molecule has 0 bridgehead atoms. The van der Waals surface area contributed by atoms with E-state index in [4.69, 9.17) is 0 Å². The van der Waals surface area contributed by atoms with Crippen LogP contribution in [0, 0.1) is 0 Å². The maximum absolute atomic E-state index is 4.60. The van der Waals surface area contributed by atoms with Gasteiger partial charge in [0.2, 0.25) is 0 Å². The summed E-state index contributed by atoms with van der Waals surface area (Å²) >= 11 is 0. The van der Waals surface area contributed by atoms with E-state index < -0.39 is 0 Å². The highest BCUT2D eigenvalue weighted by atomic mass is 15.3.